The van der Waals surface area contributed by atoms with Gasteiger partial charge in [0.2, 0.25) is 0 Å². The van der Waals surface area contributed by atoms with E-state index in [9.17, 15) is 4.79 Å². The first-order valence-electron chi connectivity index (χ1n) is 10.8. The minimum atomic E-state index is -0.0921. The molecule has 8 heteroatoms. The van der Waals surface area contributed by atoms with Gasteiger partial charge in [0.05, 0.1) is 5.39 Å². The first-order valence-corrected chi connectivity index (χ1v) is 10.8. The summed E-state index contributed by atoms with van der Waals surface area (Å²) in [4.78, 5) is 24.6. The van der Waals surface area contributed by atoms with Gasteiger partial charge in [-0.05, 0) is 50.9 Å². The largest absolute Gasteiger partial charge is 0.363 e. The summed E-state index contributed by atoms with van der Waals surface area (Å²) >= 11 is 0. The second-order valence-corrected chi connectivity index (χ2v) is 8.55. The van der Waals surface area contributed by atoms with Crippen LogP contribution >= 0.6 is 0 Å². The van der Waals surface area contributed by atoms with E-state index in [1.165, 1.54) is 32.5 Å². The van der Waals surface area contributed by atoms with Crippen LogP contribution in [0.4, 0.5) is 5.82 Å². The Morgan fingerprint density at radius 2 is 1.76 bits per heavy atom. The maximum atomic E-state index is 12.9. The molecule has 0 unspecified atom stereocenters. The number of carbonyl (C=O) groups is 1. The van der Waals surface area contributed by atoms with Gasteiger partial charge in [-0.1, -0.05) is 0 Å². The number of nitrogens with zero attached hydrogens (tertiary/aromatic N) is 6. The van der Waals surface area contributed by atoms with Gasteiger partial charge in [-0.15, -0.1) is 0 Å². The molecule has 1 N–H and O–H groups in total. The maximum absolute atomic E-state index is 12.9. The molecule has 0 atom stereocenters. The predicted octanol–water partition coefficient (Wildman–Crippen LogP) is 1.32. The zero-order valence-electron chi connectivity index (χ0n) is 17.9. The van der Waals surface area contributed by atoms with Crippen molar-refractivity contribution in [3.8, 4) is 0 Å². The van der Waals surface area contributed by atoms with Crippen LogP contribution in [0.2, 0.25) is 0 Å². The van der Waals surface area contributed by atoms with E-state index in [0.717, 1.165) is 49.3 Å². The molecule has 29 heavy (non-hydrogen) atoms. The average Bonchev–Trinajstić information content (AvgIpc) is 3.35. The van der Waals surface area contributed by atoms with E-state index < -0.39 is 0 Å². The Morgan fingerprint density at radius 1 is 1.10 bits per heavy atom. The van der Waals surface area contributed by atoms with Gasteiger partial charge in [-0.3, -0.25) is 4.79 Å². The van der Waals surface area contributed by atoms with Crippen molar-refractivity contribution < 1.29 is 4.79 Å². The van der Waals surface area contributed by atoms with Gasteiger partial charge in [0.1, 0.15) is 5.82 Å². The third-order valence-electron chi connectivity index (χ3n) is 6.20. The lowest BCUT2D eigenvalue weighted by Gasteiger charge is -2.33. The van der Waals surface area contributed by atoms with Crippen LogP contribution in [0.5, 0.6) is 0 Å². The van der Waals surface area contributed by atoms with Crippen molar-refractivity contribution in [1.29, 1.82) is 0 Å². The van der Waals surface area contributed by atoms with E-state index in [1.54, 1.807) is 4.68 Å². The first-order chi connectivity index (χ1) is 14.0. The molecule has 2 aromatic heterocycles. The lowest BCUT2D eigenvalue weighted by molar-refractivity contribution is 0.0904. The van der Waals surface area contributed by atoms with Crippen LogP contribution in [-0.4, -0.2) is 89.9 Å². The van der Waals surface area contributed by atoms with Crippen LogP contribution in [0, 0.1) is 0 Å². The van der Waals surface area contributed by atoms with Gasteiger partial charge in [-0.2, -0.15) is 5.10 Å². The number of rotatable bonds is 6. The normalized spacial score (nSPS) is 19.1. The third-order valence-corrected chi connectivity index (χ3v) is 6.20. The number of aromatic nitrogens is 3. The highest BCUT2D eigenvalue weighted by molar-refractivity contribution is 6.04. The molecule has 8 nitrogen and oxygen atoms in total. The number of carbonyl (C=O) groups excluding carboxylic acids is 1. The average molecular weight is 400 g/mol. The van der Waals surface area contributed by atoms with Crippen LogP contribution < -0.4 is 10.2 Å². The number of piperidine rings is 1. The van der Waals surface area contributed by atoms with Crippen molar-refractivity contribution in [2.24, 2.45) is 7.05 Å². The summed E-state index contributed by atoms with van der Waals surface area (Å²) < 4.78 is 1.69. The van der Waals surface area contributed by atoms with E-state index in [1.807, 2.05) is 38.2 Å². The van der Waals surface area contributed by atoms with Crippen molar-refractivity contribution in [1.82, 2.24) is 29.9 Å². The molecular formula is C21H33N7O. The summed E-state index contributed by atoms with van der Waals surface area (Å²) in [5, 5.41) is 8.46. The summed E-state index contributed by atoms with van der Waals surface area (Å²) in [6.45, 7) is 6.94. The second-order valence-electron chi connectivity index (χ2n) is 8.55. The van der Waals surface area contributed by atoms with Gasteiger partial charge in [-0.25, -0.2) is 9.67 Å². The molecule has 0 aliphatic carbocycles. The molecule has 0 bridgehead atoms. The van der Waals surface area contributed by atoms with Crippen LogP contribution in [0.25, 0.3) is 11.0 Å². The summed E-state index contributed by atoms with van der Waals surface area (Å²) in [7, 11) is 5.75. The van der Waals surface area contributed by atoms with Crippen LogP contribution in [0.1, 0.15) is 36.2 Å². The fourth-order valence-electron chi connectivity index (χ4n) is 4.38. The van der Waals surface area contributed by atoms with Gasteiger partial charge >= 0.3 is 0 Å². The molecule has 0 saturated carbocycles. The van der Waals surface area contributed by atoms with E-state index in [-0.39, 0.29) is 11.9 Å². The predicted molar refractivity (Wildman–Crippen MR) is 115 cm³/mol. The molecule has 2 aliphatic rings. The highest BCUT2D eigenvalue weighted by Gasteiger charge is 2.24. The Bertz CT molecular complexity index is 848. The number of likely N-dealkylation sites (tertiary alicyclic amines) is 2. The molecule has 4 rings (SSSR count). The highest BCUT2D eigenvalue weighted by Crippen LogP contribution is 2.20. The van der Waals surface area contributed by atoms with Crippen molar-refractivity contribution in [3.05, 3.63) is 17.8 Å². The standard InChI is InChI=1S/C21H33N7O/c1-25(2)18-7-6-17-19(24-26(3)20(17)23-18)21(29)22-16-8-12-28(13-9-16)15-14-27-10-4-5-11-27/h6-7,16H,4-5,8-15H2,1-3H3,(H,22,29). The first kappa shape index (κ1) is 20.1. The van der Waals surface area contributed by atoms with Crippen LogP contribution in [-0.2, 0) is 7.05 Å². The fourth-order valence-corrected chi connectivity index (χ4v) is 4.38. The molecule has 4 heterocycles. The Kier molecular flexibility index (Phi) is 6.01. The summed E-state index contributed by atoms with van der Waals surface area (Å²) in [5.41, 5.74) is 1.20. The summed E-state index contributed by atoms with van der Waals surface area (Å²) in [6, 6.07) is 4.09. The Hall–Kier alpha value is -2.19. The number of fused-ring (bicyclic) bond motifs is 1. The van der Waals surface area contributed by atoms with Crippen molar-refractivity contribution in [2.45, 2.75) is 31.7 Å². The maximum Gasteiger partial charge on any atom is 0.272 e. The van der Waals surface area contributed by atoms with Gasteiger partial charge in [0.25, 0.3) is 5.91 Å². The minimum absolute atomic E-state index is 0.0921. The highest BCUT2D eigenvalue weighted by atomic mass is 16.2. The van der Waals surface area contributed by atoms with E-state index >= 15 is 0 Å². The van der Waals surface area contributed by atoms with E-state index in [2.05, 4.69) is 25.2 Å². The summed E-state index contributed by atoms with van der Waals surface area (Å²) in [6.07, 6.45) is 4.70. The molecule has 2 aliphatic heterocycles. The molecule has 0 spiro atoms. The lowest BCUT2D eigenvalue weighted by Crippen LogP contribution is -2.46. The smallest absolute Gasteiger partial charge is 0.272 e. The monoisotopic (exact) mass is 399 g/mol. The van der Waals surface area contributed by atoms with Crippen molar-refractivity contribution in [3.63, 3.8) is 0 Å². The molecule has 2 aromatic rings. The zero-order chi connectivity index (χ0) is 20.4. The summed E-state index contributed by atoms with van der Waals surface area (Å²) in [5.74, 6) is 0.763. The Balaban J connectivity index is 1.33. The van der Waals surface area contributed by atoms with Gasteiger partial charge in [0, 0.05) is 53.4 Å². The zero-order valence-corrected chi connectivity index (χ0v) is 17.9. The van der Waals surface area contributed by atoms with Crippen molar-refractivity contribution in [2.75, 3.05) is 58.3 Å². The fraction of sp³-hybridized carbons (Fsp3) is 0.667. The van der Waals surface area contributed by atoms with Crippen LogP contribution in [0.15, 0.2) is 12.1 Å². The SMILES string of the molecule is CN(C)c1ccc2c(C(=O)NC3CCN(CCN4CCCC4)CC3)nn(C)c2n1. The Labute approximate surface area is 172 Å². The topological polar surface area (TPSA) is 69.5 Å². The number of hydrogen-bond acceptors (Lipinski definition) is 6. The van der Waals surface area contributed by atoms with Gasteiger partial charge < -0.3 is 20.0 Å². The Morgan fingerprint density at radius 3 is 2.41 bits per heavy atom. The number of aryl methyl sites for hydroxylation is 1. The number of nitrogens with one attached hydrogen (secondary N) is 1. The quantitative estimate of drug-likeness (QED) is 0.790. The van der Waals surface area contributed by atoms with Gasteiger partial charge in [0.15, 0.2) is 11.3 Å². The molecule has 2 fully saturated rings. The number of anilines is 1. The molecule has 0 aromatic carbocycles. The number of amides is 1. The lowest BCUT2D eigenvalue weighted by atomic mass is 10.0. The van der Waals surface area contributed by atoms with E-state index in [0.29, 0.717) is 5.69 Å². The second kappa shape index (κ2) is 8.67. The molecule has 1 amide bonds. The van der Waals surface area contributed by atoms with E-state index in [4.69, 9.17) is 0 Å². The molecule has 0 radical (unpaired) electrons. The molecule has 2 saturated heterocycles. The minimum Gasteiger partial charge on any atom is -0.363 e. The third kappa shape index (κ3) is 4.53. The van der Waals surface area contributed by atoms with Crippen molar-refractivity contribution >= 4 is 22.8 Å². The molecule has 158 valence electrons. The number of pyridine rings is 1. The van der Waals surface area contributed by atoms with Crippen LogP contribution in [0.3, 0.4) is 0 Å². The molecular weight excluding hydrogens is 366 g/mol. The number of hydrogen-bond donors (Lipinski definition) is 1.